The van der Waals surface area contributed by atoms with E-state index in [2.05, 4.69) is 30.1 Å². The van der Waals surface area contributed by atoms with Gasteiger partial charge in [-0.3, -0.25) is 4.98 Å². The molecule has 120 valence electrons. The molecule has 24 heavy (non-hydrogen) atoms. The first kappa shape index (κ1) is 15.9. The third-order valence-corrected chi connectivity index (χ3v) is 3.92. The molecule has 0 aliphatic rings. The lowest BCUT2D eigenvalue weighted by Gasteiger charge is -2.08. The van der Waals surface area contributed by atoms with Gasteiger partial charge in [-0.15, -0.1) is 0 Å². The molecule has 0 atom stereocenters. The van der Waals surface area contributed by atoms with Crippen LogP contribution in [0.15, 0.2) is 60.8 Å². The molecule has 0 radical (unpaired) electrons. The van der Waals surface area contributed by atoms with Crippen LogP contribution in [0.2, 0.25) is 0 Å². The lowest BCUT2D eigenvalue weighted by molar-refractivity contribution is -0.137. The summed E-state index contributed by atoms with van der Waals surface area (Å²) in [5, 5.41) is 1.15. The topological polar surface area (TPSA) is 39.2 Å². The number of nitrogens with zero attached hydrogens (tertiary/aromatic N) is 1. The zero-order chi connectivity index (χ0) is 16.9. The maximum atomic E-state index is 11.6. The Morgan fingerprint density at radius 3 is 2.83 bits per heavy atom. The Bertz CT molecular complexity index is 913. The summed E-state index contributed by atoms with van der Waals surface area (Å²) in [4.78, 5) is 16.0. The maximum Gasteiger partial charge on any atom is 0.330 e. The molecule has 3 rings (SSSR count). The molecule has 0 unspecified atom stereocenters. The van der Waals surface area contributed by atoms with E-state index < -0.39 is 0 Å². The Morgan fingerprint density at radius 1 is 1.17 bits per heavy atom. The smallest absolute Gasteiger partial charge is 0.330 e. The number of carbonyl (C=O) groups is 1. The number of rotatable bonds is 4. The number of aryl methyl sites for hydroxylation is 1. The van der Waals surface area contributed by atoms with Crippen molar-refractivity contribution < 1.29 is 9.53 Å². The molecule has 0 saturated heterocycles. The van der Waals surface area contributed by atoms with Crippen LogP contribution in [0.4, 0.5) is 0 Å². The molecule has 0 saturated carbocycles. The van der Waals surface area contributed by atoms with Crippen molar-refractivity contribution in [3.8, 4) is 11.1 Å². The molecular weight excluding hydrogens is 298 g/mol. The van der Waals surface area contributed by atoms with Crippen LogP contribution < -0.4 is 0 Å². The zero-order valence-electron chi connectivity index (χ0n) is 13.8. The number of aromatic nitrogens is 1. The van der Waals surface area contributed by atoms with Gasteiger partial charge in [0, 0.05) is 17.7 Å². The summed E-state index contributed by atoms with van der Waals surface area (Å²) in [6, 6.07) is 16.3. The molecule has 1 aromatic heterocycles. The van der Waals surface area contributed by atoms with E-state index in [0.717, 1.165) is 27.6 Å². The predicted molar refractivity (Wildman–Crippen MR) is 97.6 cm³/mol. The van der Waals surface area contributed by atoms with Crippen molar-refractivity contribution in [2.24, 2.45) is 0 Å². The summed E-state index contributed by atoms with van der Waals surface area (Å²) in [6.45, 7) is 4.25. The van der Waals surface area contributed by atoms with E-state index in [9.17, 15) is 4.79 Å². The maximum absolute atomic E-state index is 11.6. The number of pyridine rings is 1. The van der Waals surface area contributed by atoms with Crippen molar-refractivity contribution >= 4 is 22.9 Å². The lowest BCUT2D eigenvalue weighted by atomic mass is 9.97. The highest BCUT2D eigenvalue weighted by molar-refractivity contribution is 5.91. The first-order valence-corrected chi connectivity index (χ1v) is 7.98. The monoisotopic (exact) mass is 317 g/mol. The molecule has 3 aromatic rings. The van der Waals surface area contributed by atoms with Crippen molar-refractivity contribution in [1.29, 1.82) is 0 Å². The molecule has 0 spiro atoms. The van der Waals surface area contributed by atoms with Crippen molar-refractivity contribution in [2.75, 3.05) is 6.61 Å². The number of esters is 1. The van der Waals surface area contributed by atoms with Crippen LogP contribution in [-0.2, 0) is 9.53 Å². The van der Waals surface area contributed by atoms with Gasteiger partial charge >= 0.3 is 5.97 Å². The summed E-state index contributed by atoms with van der Waals surface area (Å²) < 4.78 is 4.94. The number of benzene rings is 2. The summed E-state index contributed by atoms with van der Waals surface area (Å²) in [5.41, 5.74) is 5.28. The van der Waals surface area contributed by atoms with E-state index in [1.54, 1.807) is 13.0 Å². The Balaban J connectivity index is 2.02. The summed E-state index contributed by atoms with van der Waals surface area (Å²) in [6.07, 6.45) is 5.08. The molecule has 0 fully saturated rings. The average Bonchev–Trinajstić information content (AvgIpc) is 2.60. The Hall–Kier alpha value is -2.94. The van der Waals surface area contributed by atoms with Gasteiger partial charge in [0.15, 0.2) is 0 Å². The van der Waals surface area contributed by atoms with Crippen LogP contribution in [0.25, 0.3) is 28.1 Å². The van der Waals surface area contributed by atoms with E-state index in [4.69, 9.17) is 4.74 Å². The van der Waals surface area contributed by atoms with E-state index >= 15 is 0 Å². The molecule has 1 heterocycles. The molecule has 3 heteroatoms. The Morgan fingerprint density at radius 2 is 2.00 bits per heavy atom. The number of hydrogen-bond acceptors (Lipinski definition) is 3. The van der Waals surface area contributed by atoms with Gasteiger partial charge in [-0.05, 0) is 54.3 Å². The van der Waals surface area contributed by atoms with Gasteiger partial charge in [-0.2, -0.15) is 0 Å². The van der Waals surface area contributed by atoms with Crippen LogP contribution in [0.1, 0.15) is 18.1 Å². The van der Waals surface area contributed by atoms with Crippen molar-refractivity contribution in [1.82, 2.24) is 4.98 Å². The molecule has 3 nitrogen and oxygen atoms in total. The van der Waals surface area contributed by atoms with Gasteiger partial charge in [0.2, 0.25) is 0 Å². The third-order valence-electron chi connectivity index (χ3n) is 3.92. The quantitative estimate of drug-likeness (QED) is 0.513. The van der Waals surface area contributed by atoms with Gasteiger partial charge in [0.25, 0.3) is 0 Å². The minimum absolute atomic E-state index is 0.330. The predicted octanol–water partition coefficient (Wildman–Crippen LogP) is 4.79. The molecule has 0 amide bonds. The fraction of sp³-hybridized carbons (Fsp3) is 0.143. The molecule has 0 aliphatic carbocycles. The lowest BCUT2D eigenvalue weighted by Crippen LogP contribution is -1.98. The van der Waals surface area contributed by atoms with E-state index in [1.165, 1.54) is 11.6 Å². The van der Waals surface area contributed by atoms with Crippen molar-refractivity contribution in [2.45, 2.75) is 13.8 Å². The standard InChI is InChI=1S/C21H19NO2/c1-3-24-21(23)11-9-16-6-4-5-7-19(16)17-8-10-18-15(2)12-13-22-20(18)14-17/h4-14H,3H2,1-2H3/b11-9+. The van der Waals surface area contributed by atoms with Crippen molar-refractivity contribution in [3.63, 3.8) is 0 Å². The zero-order valence-corrected chi connectivity index (χ0v) is 13.8. The first-order valence-electron chi connectivity index (χ1n) is 7.98. The van der Waals surface area contributed by atoms with Gasteiger partial charge in [-0.1, -0.05) is 36.4 Å². The van der Waals surface area contributed by atoms with Gasteiger partial charge < -0.3 is 4.74 Å². The van der Waals surface area contributed by atoms with Crippen molar-refractivity contribution in [3.05, 3.63) is 71.9 Å². The van der Waals surface area contributed by atoms with Crippen LogP contribution >= 0.6 is 0 Å². The number of ether oxygens (including phenoxy) is 1. The Kier molecular flexibility index (Phi) is 4.71. The number of carbonyl (C=O) groups excluding carboxylic acids is 1. The second-order valence-corrected chi connectivity index (χ2v) is 5.53. The highest BCUT2D eigenvalue weighted by Gasteiger charge is 2.06. The SMILES string of the molecule is CCOC(=O)/C=C/c1ccccc1-c1ccc2c(C)ccnc2c1. The molecular formula is C21H19NO2. The van der Waals surface area contributed by atoms with Crippen LogP contribution in [0.3, 0.4) is 0 Å². The highest BCUT2D eigenvalue weighted by atomic mass is 16.5. The molecule has 0 bridgehead atoms. The van der Waals surface area contributed by atoms with Gasteiger partial charge in [0.05, 0.1) is 12.1 Å². The normalized spacial score (nSPS) is 11.1. The highest BCUT2D eigenvalue weighted by Crippen LogP contribution is 2.28. The van der Waals surface area contributed by atoms with Crippen LogP contribution in [0, 0.1) is 6.92 Å². The molecule has 0 N–H and O–H groups in total. The molecule has 0 aliphatic heterocycles. The average molecular weight is 317 g/mol. The fourth-order valence-corrected chi connectivity index (χ4v) is 2.71. The fourth-order valence-electron chi connectivity index (χ4n) is 2.71. The number of hydrogen-bond donors (Lipinski definition) is 0. The second kappa shape index (κ2) is 7.09. The summed E-state index contributed by atoms with van der Waals surface area (Å²) in [5.74, 6) is -0.330. The van der Waals surface area contributed by atoms with E-state index in [0.29, 0.717) is 6.61 Å². The minimum atomic E-state index is -0.330. The minimum Gasteiger partial charge on any atom is -0.463 e. The Labute approximate surface area is 141 Å². The third kappa shape index (κ3) is 3.35. The van der Waals surface area contributed by atoms with E-state index in [1.807, 2.05) is 36.5 Å². The molecule has 2 aromatic carbocycles. The van der Waals surface area contributed by atoms with Crippen LogP contribution in [0.5, 0.6) is 0 Å². The largest absolute Gasteiger partial charge is 0.463 e. The second-order valence-electron chi connectivity index (χ2n) is 5.53. The van der Waals surface area contributed by atoms with Gasteiger partial charge in [0.1, 0.15) is 0 Å². The van der Waals surface area contributed by atoms with Gasteiger partial charge in [-0.25, -0.2) is 4.79 Å². The summed E-state index contributed by atoms with van der Waals surface area (Å²) in [7, 11) is 0. The summed E-state index contributed by atoms with van der Waals surface area (Å²) >= 11 is 0. The number of fused-ring (bicyclic) bond motifs is 1. The van der Waals surface area contributed by atoms with E-state index in [-0.39, 0.29) is 5.97 Å². The van der Waals surface area contributed by atoms with Crippen LogP contribution in [-0.4, -0.2) is 17.6 Å². The first-order chi connectivity index (χ1) is 11.7.